The highest BCUT2D eigenvalue weighted by Crippen LogP contribution is 2.33. The molecule has 2 fully saturated rings. The molecule has 2 aliphatic rings. The number of hydrogen-bond acceptors (Lipinski definition) is 5. The zero-order chi connectivity index (χ0) is 27.4. The molecular weight excluding hydrogens is 496 g/mol. The van der Waals surface area contributed by atoms with E-state index < -0.39 is 10.8 Å². The predicted molar refractivity (Wildman–Crippen MR) is 156 cm³/mol. The largest absolute Gasteiger partial charge is 0.378 e. The van der Waals surface area contributed by atoms with Gasteiger partial charge in [-0.1, -0.05) is 29.8 Å². The van der Waals surface area contributed by atoms with Gasteiger partial charge in [-0.15, -0.1) is 0 Å². The van der Waals surface area contributed by atoms with Crippen molar-refractivity contribution in [1.29, 1.82) is 0 Å². The van der Waals surface area contributed by atoms with E-state index in [9.17, 15) is 13.8 Å². The molecule has 1 aliphatic carbocycles. The third-order valence-electron chi connectivity index (χ3n) is 7.50. The van der Waals surface area contributed by atoms with E-state index in [1.54, 1.807) is 16.9 Å². The lowest BCUT2D eigenvalue weighted by Crippen LogP contribution is -2.49. The topological polar surface area (TPSA) is 74.7 Å². The molecule has 1 amide bonds. The van der Waals surface area contributed by atoms with Crippen LogP contribution < -0.4 is 15.8 Å². The van der Waals surface area contributed by atoms with E-state index in [-0.39, 0.29) is 17.5 Å². The average molecular weight is 537 g/mol. The number of benzene rings is 1. The molecule has 1 aromatic carbocycles. The maximum absolute atomic E-state index is 13.0. The van der Waals surface area contributed by atoms with Crippen molar-refractivity contribution < 1.29 is 9.00 Å². The fourth-order valence-electron chi connectivity index (χ4n) is 5.01. The molecule has 1 saturated carbocycles. The van der Waals surface area contributed by atoms with Crippen LogP contribution in [0.25, 0.3) is 0 Å². The number of aromatic nitrogens is 1. The summed E-state index contributed by atoms with van der Waals surface area (Å²) in [5.74, 6) is 1.67. The van der Waals surface area contributed by atoms with Gasteiger partial charge in [0.15, 0.2) is 0 Å². The van der Waals surface area contributed by atoms with Crippen LogP contribution in [0.5, 0.6) is 0 Å². The molecule has 1 aromatic heterocycles. The third kappa shape index (κ3) is 6.84. The van der Waals surface area contributed by atoms with Crippen LogP contribution in [-0.4, -0.2) is 52.0 Å². The maximum Gasteiger partial charge on any atom is 0.251 e. The summed E-state index contributed by atoms with van der Waals surface area (Å²) < 4.78 is 14.0. The van der Waals surface area contributed by atoms with Crippen LogP contribution in [-0.2, 0) is 22.6 Å². The van der Waals surface area contributed by atoms with Gasteiger partial charge in [-0.2, -0.15) is 0 Å². The number of rotatable bonds is 7. The predicted octanol–water partition coefficient (Wildman–Crippen LogP) is 4.49. The summed E-state index contributed by atoms with van der Waals surface area (Å²) in [4.78, 5) is 30.6. The molecule has 0 bridgehead atoms. The summed E-state index contributed by atoms with van der Waals surface area (Å²) in [7, 11) is 0.702. The van der Waals surface area contributed by atoms with E-state index in [1.165, 1.54) is 12.8 Å². The Balaban J connectivity index is 1.68. The lowest BCUT2D eigenvalue weighted by Gasteiger charge is -2.36. The minimum atomic E-state index is -1.11. The van der Waals surface area contributed by atoms with Crippen LogP contribution in [0.2, 0.25) is 0 Å². The molecule has 8 heteroatoms. The number of amides is 1. The minimum absolute atomic E-state index is 0.0714. The summed E-state index contributed by atoms with van der Waals surface area (Å²) in [6, 6.07) is 15.3. The quantitative estimate of drug-likeness (QED) is 0.565. The molecule has 1 saturated heterocycles. The van der Waals surface area contributed by atoms with E-state index >= 15 is 0 Å². The minimum Gasteiger partial charge on any atom is -0.378 e. The standard InChI is InChI=1S/C30H40N4O3S/c1-21-10-13-29(35)32(4)28(33-14-16-34(17-15-33)30(36)20-24-11-12-24)19-22(2)25(18-21)23(3)31-26-8-6-7-9-27(26)38(5)37/h6-10,13,18-19,23-24,31H,11-12,14-17,20H2,1-5H3/t23-,38?/m1/s1. The molecule has 204 valence electrons. The number of carbonyl (C=O) groups is 1. The summed E-state index contributed by atoms with van der Waals surface area (Å²) in [5, 5.41) is 3.56. The van der Waals surface area contributed by atoms with Gasteiger partial charge in [0.25, 0.3) is 5.56 Å². The van der Waals surface area contributed by atoms with Gasteiger partial charge in [0.2, 0.25) is 5.91 Å². The number of nitrogens with one attached hydrogen (secondary N) is 1. The van der Waals surface area contributed by atoms with E-state index in [0.717, 1.165) is 33.1 Å². The first kappa shape index (κ1) is 27.9. The molecule has 1 aliphatic heterocycles. The molecule has 38 heavy (non-hydrogen) atoms. The number of piperazine rings is 1. The Hall–Kier alpha value is -3.13. The first-order valence-corrected chi connectivity index (χ1v) is 15.0. The number of nitrogens with zero attached hydrogens (tertiary/aromatic N) is 3. The Labute approximate surface area is 228 Å². The number of para-hydroxylation sites is 1. The number of aryl methyl sites for hydroxylation is 2. The van der Waals surface area contributed by atoms with Gasteiger partial charge >= 0.3 is 0 Å². The zero-order valence-electron chi connectivity index (χ0n) is 23.2. The Kier molecular flexibility index (Phi) is 8.92. The second kappa shape index (κ2) is 12.2. The molecule has 4 rings (SSSR count). The SMILES string of the molecule is Cc1ccc(=O)n(C)c(N2CCN(C(=O)CC3CC3)CC2)cc(C)c([C@@H](C)Nc2ccccc2S(C)=O)c1. The fraction of sp³-hybridized carbons (Fsp3) is 0.467. The summed E-state index contributed by atoms with van der Waals surface area (Å²) in [6.07, 6.45) is 4.71. The van der Waals surface area contributed by atoms with Gasteiger partial charge in [0.1, 0.15) is 5.82 Å². The molecular formula is C30H40N4O3S. The normalized spacial score (nSPS) is 17.0. The van der Waals surface area contributed by atoms with Crippen molar-refractivity contribution in [3.63, 3.8) is 0 Å². The molecule has 0 radical (unpaired) electrons. The highest BCUT2D eigenvalue weighted by Gasteiger charge is 2.29. The molecule has 2 aromatic rings. The molecule has 2 atom stereocenters. The van der Waals surface area contributed by atoms with Crippen LogP contribution in [0.4, 0.5) is 11.5 Å². The van der Waals surface area contributed by atoms with Gasteiger partial charge in [-0.05, 0) is 68.9 Å². The van der Waals surface area contributed by atoms with Crippen molar-refractivity contribution in [2.45, 2.75) is 51.0 Å². The molecule has 2 heterocycles. The van der Waals surface area contributed by atoms with E-state index in [4.69, 9.17) is 0 Å². The smallest absolute Gasteiger partial charge is 0.251 e. The molecule has 0 spiro atoms. The monoisotopic (exact) mass is 536 g/mol. The second-order valence-electron chi connectivity index (χ2n) is 10.6. The molecule has 1 unspecified atom stereocenters. The maximum atomic E-state index is 13.0. The van der Waals surface area contributed by atoms with Crippen molar-refractivity contribution in [2.24, 2.45) is 13.0 Å². The summed E-state index contributed by atoms with van der Waals surface area (Å²) in [5.41, 5.74) is 3.86. The van der Waals surface area contributed by atoms with Crippen molar-refractivity contribution in [1.82, 2.24) is 9.47 Å². The average Bonchev–Trinajstić information content (AvgIpc) is 3.72. The fourth-order valence-corrected chi connectivity index (χ4v) is 5.72. The van der Waals surface area contributed by atoms with Gasteiger partial charge in [-0.25, -0.2) is 0 Å². The van der Waals surface area contributed by atoms with Gasteiger partial charge in [-0.3, -0.25) is 18.4 Å². The van der Waals surface area contributed by atoms with Gasteiger partial charge in [0.05, 0.1) is 21.4 Å². The van der Waals surface area contributed by atoms with E-state index in [2.05, 4.69) is 36.2 Å². The van der Waals surface area contributed by atoms with E-state index in [0.29, 0.717) is 38.5 Å². The highest BCUT2D eigenvalue weighted by atomic mass is 32.2. The Morgan fingerprint density at radius 2 is 1.74 bits per heavy atom. The molecule has 1 N–H and O–H groups in total. The summed E-state index contributed by atoms with van der Waals surface area (Å²) >= 11 is 0. The van der Waals surface area contributed by atoms with Crippen molar-refractivity contribution in [3.05, 3.63) is 75.6 Å². The van der Waals surface area contributed by atoms with Crippen molar-refractivity contribution in [2.75, 3.05) is 42.7 Å². The van der Waals surface area contributed by atoms with E-state index in [1.807, 2.05) is 49.2 Å². The van der Waals surface area contributed by atoms with Crippen LogP contribution in [0, 0.1) is 19.8 Å². The number of anilines is 2. The summed E-state index contributed by atoms with van der Waals surface area (Å²) in [6.45, 7) is 8.86. The van der Waals surface area contributed by atoms with Crippen LogP contribution >= 0.6 is 0 Å². The van der Waals surface area contributed by atoms with Gasteiger partial charge in [0, 0.05) is 58.0 Å². The van der Waals surface area contributed by atoms with Crippen molar-refractivity contribution in [3.8, 4) is 0 Å². The highest BCUT2D eigenvalue weighted by molar-refractivity contribution is 7.84. The number of carbonyl (C=O) groups excluding carboxylic acids is 1. The Bertz CT molecular complexity index is 1330. The van der Waals surface area contributed by atoms with Crippen molar-refractivity contribution >= 4 is 28.2 Å². The lowest BCUT2D eigenvalue weighted by molar-refractivity contribution is -0.131. The van der Waals surface area contributed by atoms with Gasteiger partial charge < -0.3 is 15.1 Å². The number of hydrogen-bond donors (Lipinski definition) is 1. The van der Waals surface area contributed by atoms with Crippen LogP contribution in [0.1, 0.15) is 48.9 Å². The Morgan fingerprint density at radius 3 is 2.39 bits per heavy atom. The first-order chi connectivity index (χ1) is 18.1. The second-order valence-corrected chi connectivity index (χ2v) is 11.9. The lowest BCUT2D eigenvalue weighted by atomic mass is 10.0. The third-order valence-corrected chi connectivity index (χ3v) is 8.47. The first-order valence-electron chi connectivity index (χ1n) is 13.4. The zero-order valence-corrected chi connectivity index (χ0v) is 24.0. The van der Waals surface area contributed by atoms with Crippen LogP contribution in [0.15, 0.2) is 58.2 Å². The Morgan fingerprint density at radius 1 is 1.05 bits per heavy atom. The van der Waals surface area contributed by atoms with Crippen LogP contribution in [0.3, 0.4) is 0 Å². The molecule has 7 nitrogen and oxygen atoms in total.